The van der Waals surface area contributed by atoms with Crippen LogP contribution in [0.25, 0.3) is 0 Å². The zero-order valence-electron chi connectivity index (χ0n) is 16.3. The highest BCUT2D eigenvalue weighted by Gasteiger charge is 2.32. The van der Waals surface area contributed by atoms with E-state index in [4.69, 9.17) is 14.2 Å². The molecule has 0 bridgehead atoms. The van der Waals surface area contributed by atoms with Crippen molar-refractivity contribution in [3.8, 4) is 17.2 Å². The van der Waals surface area contributed by atoms with E-state index in [1.54, 1.807) is 30.0 Å². The standard InChI is InChI=1S/C24H21NO4S/c26-23(18-9-10-21-22(14-18)29-16-28-21)25-11-12-30-24(25)19-7-4-8-20(13-19)27-15-17-5-2-1-3-6-17/h1-10,13-14,24H,11-12,15-16H2/t24-/m1/s1. The summed E-state index contributed by atoms with van der Waals surface area (Å²) in [7, 11) is 0. The molecule has 5 rings (SSSR count). The van der Waals surface area contributed by atoms with Gasteiger partial charge in [0.05, 0.1) is 0 Å². The third kappa shape index (κ3) is 3.83. The Bertz CT molecular complexity index is 1060. The first-order valence-corrected chi connectivity index (χ1v) is 10.9. The van der Waals surface area contributed by atoms with Gasteiger partial charge < -0.3 is 19.1 Å². The fourth-order valence-corrected chi connectivity index (χ4v) is 4.89. The number of carbonyl (C=O) groups is 1. The first-order chi connectivity index (χ1) is 14.8. The number of hydrogen-bond donors (Lipinski definition) is 0. The van der Waals surface area contributed by atoms with Crippen LogP contribution in [0.2, 0.25) is 0 Å². The lowest BCUT2D eigenvalue weighted by Gasteiger charge is -2.24. The topological polar surface area (TPSA) is 48.0 Å². The van der Waals surface area contributed by atoms with E-state index in [0.29, 0.717) is 30.2 Å². The van der Waals surface area contributed by atoms with Crippen LogP contribution in [-0.2, 0) is 6.61 Å². The molecule has 2 aliphatic heterocycles. The number of ether oxygens (including phenoxy) is 3. The van der Waals surface area contributed by atoms with Gasteiger partial charge in [0, 0.05) is 17.9 Å². The molecule has 1 atom stereocenters. The van der Waals surface area contributed by atoms with Gasteiger partial charge in [0.2, 0.25) is 6.79 Å². The zero-order valence-corrected chi connectivity index (χ0v) is 17.1. The van der Waals surface area contributed by atoms with Crippen molar-refractivity contribution in [3.05, 3.63) is 89.5 Å². The van der Waals surface area contributed by atoms with Gasteiger partial charge in [0.1, 0.15) is 17.7 Å². The van der Waals surface area contributed by atoms with E-state index >= 15 is 0 Å². The maximum atomic E-state index is 13.2. The molecule has 2 aliphatic rings. The van der Waals surface area contributed by atoms with E-state index in [1.807, 2.05) is 53.4 Å². The highest BCUT2D eigenvalue weighted by molar-refractivity contribution is 7.99. The lowest BCUT2D eigenvalue weighted by molar-refractivity contribution is 0.0759. The summed E-state index contributed by atoms with van der Waals surface area (Å²) >= 11 is 1.77. The second-order valence-electron chi connectivity index (χ2n) is 7.14. The molecule has 0 unspecified atom stereocenters. The molecule has 5 nitrogen and oxygen atoms in total. The van der Waals surface area contributed by atoms with Crippen LogP contribution in [0, 0.1) is 0 Å². The van der Waals surface area contributed by atoms with Crippen molar-refractivity contribution in [2.75, 3.05) is 19.1 Å². The molecule has 0 N–H and O–H groups in total. The second kappa shape index (κ2) is 8.32. The normalized spacial score (nSPS) is 17.2. The molecule has 6 heteroatoms. The Morgan fingerprint density at radius 2 is 1.87 bits per heavy atom. The molecular weight excluding hydrogens is 398 g/mol. The summed E-state index contributed by atoms with van der Waals surface area (Å²) in [5.41, 5.74) is 2.80. The van der Waals surface area contributed by atoms with E-state index < -0.39 is 0 Å². The average molecular weight is 420 g/mol. The largest absolute Gasteiger partial charge is 0.489 e. The lowest BCUT2D eigenvalue weighted by atomic mass is 10.1. The Balaban J connectivity index is 1.33. The molecule has 3 aromatic carbocycles. The first-order valence-electron chi connectivity index (χ1n) is 9.87. The fraction of sp³-hybridized carbons (Fsp3) is 0.208. The maximum Gasteiger partial charge on any atom is 0.255 e. The Kier molecular flexibility index (Phi) is 5.24. The molecule has 30 heavy (non-hydrogen) atoms. The molecule has 0 radical (unpaired) electrons. The van der Waals surface area contributed by atoms with Gasteiger partial charge in [-0.2, -0.15) is 0 Å². The zero-order chi connectivity index (χ0) is 20.3. The van der Waals surface area contributed by atoms with Crippen molar-refractivity contribution in [1.29, 1.82) is 0 Å². The number of nitrogens with zero attached hydrogens (tertiary/aromatic N) is 1. The van der Waals surface area contributed by atoms with E-state index in [9.17, 15) is 4.79 Å². The van der Waals surface area contributed by atoms with Crippen LogP contribution in [-0.4, -0.2) is 29.9 Å². The van der Waals surface area contributed by atoms with Crippen molar-refractivity contribution in [1.82, 2.24) is 4.90 Å². The Morgan fingerprint density at radius 1 is 1.00 bits per heavy atom. The van der Waals surface area contributed by atoms with Crippen molar-refractivity contribution < 1.29 is 19.0 Å². The van der Waals surface area contributed by atoms with Crippen LogP contribution < -0.4 is 14.2 Å². The summed E-state index contributed by atoms with van der Waals surface area (Å²) in [6.45, 7) is 1.42. The van der Waals surface area contributed by atoms with Crippen LogP contribution >= 0.6 is 11.8 Å². The van der Waals surface area contributed by atoms with E-state index in [0.717, 1.165) is 22.6 Å². The summed E-state index contributed by atoms with van der Waals surface area (Å²) in [5, 5.41) is -0.0387. The van der Waals surface area contributed by atoms with Gasteiger partial charge in [-0.1, -0.05) is 42.5 Å². The van der Waals surface area contributed by atoms with E-state index in [-0.39, 0.29) is 18.1 Å². The van der Waals surface area contributed by atoms with Crippen LogP contribution in [0.5, 0.6) is 17.2 Å². The average Bonchev–Trinajstić information content (AvgIpc) is 3.47. The van der Waals surface area contributed by atoms with Crippen LogP contribution in [0.1, 0.15) is 26.9 Å². The number of rotatable bonds is 5. The smallest absolute Gasteiger partial charge is 0.255 e. The predicted octanol–water partition coefficient (Wildman–Crippen LogP) is 4.88. The first kappa shape index (κ1) is 18.9. The molecule has 1 saturated heterocycles. The minimum Gasteiger partial charge on any atom is -0.489 e. The van der Waals surface area contributed by atoms with Gasteiger partial charge in [0.15, 0.2) is 11.5 Å². The van der Waals surface area contributed by atoms with Gasteiger partial charge in [-0.25, -0.2) is 0 Å². The monoisotopic (exact) mass is 419 g/mol. The third-order valence-electron chi connectivity index (χ3n) is 5.16. The number of hydrogen-bond acceptors (Lipinski definition) is 5. The molecule has 3 aromatic rings. The number of benzene rings is 3. The van der Waals surface area contributed by atoms with Crippen LogP contribution in [0.15, 0.2) is 72.8 Å². The SMILES string of the molecule is O=C(c1ccc2c(c1)OCO2)N1CCS[C@@H]1c1cccc(OCc2ccccc2)c1. The summed E-state index contributed by atoms with van der Waals surface area (Å²) in [4.78, 5) is 15.1. The summed E-state index contributed by atoms with van der Waals surface area (Å²) < 4.78 is 16.8. The van der Waals surface area contributed by atoms with Gasteiger partial charge in [-0.3, -0.25) is 4.79 Å². The maximum absolute atomic E-state index is 13.2. The van der Waals surface area contributed by atoms with Gasteiger partial charge >= 0.3 is 0 Å². The molecule has 2 heterocycles. The number of thioether (sulfide) groups is 1. The van der Waals surface area contributed by atoms with Gasteiger partial charge in [-0.15, -0.1) is 11.8 Å². The predicted molar refractivity (Wildman–Crippen MR) is 116 cm³/mol. The molecule has 152 valence electrons. The molecule has 0 saturated carbocycles. The lowest BCUT2D eigenvalue weighted by Crippen LogP contribution is -2.30. The number of amides is 1. The minimum atomic E-state index is -0.0387. The highest BCUT2D eigenvalue weighted by Crippen LogP contribution is 2.41. The molecule has 1 amide bonds. The van der Waals surface area contributed by atoms with Crippen molar-refractivity contribution in [2.45, 2.75) is 12.0 Å². The van der Waals surface area contributed by atoms with Crippen LogP contribution in [0.4, 0.5) is 0 Å². The fourth-order valence-electron chi connectivity index (χ4n) is 3.65. The summed E-state index contributed by atoms with van der Waals surface area (Å²) in [5.74, 6) is 3.01. The van der Waals surface area contributed by atoms with E-state index in [2.05, 4.69) is 6.07 Å². The van der Waals surface area contributed by atoms with Gasteiger partial charge in [0.25, 0.3) is 5.91 Å². The molecule has 0 spiro atoms. The second-order valence-corrected chi connectivity index (χ2v) is 8.32. The molecule has 0 aliphatic carbocycles. The summed E-state index contributed by atoms with van der Waals surface area (Å²) in [6.07, 6.45) is 0. The summed E-state index contributed by atoms with van der Waals surface area (Å²) in [6, 6.07) is 23.5. The Hall–Kier alpha value is -3.12. The number of carbonyl (C=O) groups excluding carboxylic acids is 1. The Morgan fingerprint density at radius 3 is 2.77 bits per heavy atom. The molecule has 0 aromatic heterocycles. The van der Waals surface area contributed by atoms with Crippen molar-refractivity contribution in [3.63, 3.8) is 0 Å². The number of fused-ring (bicyclic) bond motifs is 1. The third-order valence-corrected chi connectivity index (χ3v) is 6.42. The minimum absolute atomic E-state index is 0.00101. The van der Waals surface area contributed by atoms with E-state index in [1.165, 1.54) is 0 Å². The molecule has 1 fully saturated rings. The quantitative estimate of drug-likeness (QED) is 0.590. The van der Waals surface area contributed by atoms with Crippen molar-refractivity contribution in [2.24, 2.45) is 0 Å². The van der Waals surface area contributed by atoms with Crippen LogP contribution in [0.3, 0.4) is 0 Å². The highest BCUT2D eigenvalue weighted by atomic mass is 32.2. The van der Waals surface area contributed by atoms with Gasteiger partial charge in [-0.05, 0) is 41.5 Å². The molecular formula is C24H21NO4S. The van der Waals surface area contributed by atoms with Crippen molar-refractivity contribution >= 4 is 17.7 Å². The Labute approximate surface area is 179 Å².